The van der Waals surface area contributed by atoms with E-state index in [-0.39, 0.29) is 10.5 Å². The molecule has 0 aliphatic carbocycles. The Morgan fingerprint density at radius 3 is 2.82 bits per heavy atom. The molecule has 6 nitrogen and oxygen atoms in total. The number of rotatable bonds is 3. The number of hydrogen-bond donors (Lipinski definition) is 3. The number of carbonyl (C=O) groups is 1. The summed E-state index contributed by atoms with van der Waals surface area (Å²) in [7, 11) is -3.68. The fourth-order valence-corrected chi connectivity index (χ4v) is 2.70. The molecule has 7 heteroatoms. The van der Waals surface area contributed by atoms with Gasteiger partial charge in [-0.2, -0.15) is 0 Å². The quantitative estimate of drug-likeness (QED) is 0.702. The average molecular weight is 256 g/mol. The molecular weight excluding hydrogens is 244 g/mol. The number of benzene rings is 1. The van der Waals surface area contributed by atoms with Gasteiger partial charge in [0.05, 0.1) is 11.7 Å². The molecule has 1 aromatic carbocycles. The number of fused-ring (bicyclic) bond motifs is 1. The molecule has 1 heterocycles. The highest BCUT2D eigenvalue weighted by atomic mass is 32.2. The fourth-order valence-electron chi connectivity index (χ4n) is 1.55. The van der Waals surface area contributed by atoms with Crippen molar-refractivity contribution in [1.82, 2.24) is 4.72 Å². The maximum atomic E-state index is 11.4. The van der Waals surface area contributed by atoms with E-state index in [1.54, 1.807) is 13.0 Å². The molecule has 0 bridgehead atoms. The summed E-state index contributed by atoms with van der Waals surface area (Å²) in [4.78, 5) is 11.4. The number of aliphatic hydroxyl groups is 1. The van der Waals surface area contributed by atoms with Crippen LogP contribution in [0.5, 0.6) is 0 Å². The Kier molecular flexibility index (Phi) is 2.80. The monoisotopic (exact) mass is 256 g/mol. The van der Waals surface area contributed by atoms with Crippen LogP contribution in [0, 0.1) is 0 Å². The van der Waals surface area contributed by atoms with Crippen LogP contribution >= 0.6 is 0 Å². The standard InChI is InChI=1S/C10H12N2O4S/c1-6(13)5-11-7-2-3-9-8(4-7)10(14)12-17(9,15)16/h2-4,6,11,13H,5H2,1H3,(H,12,14). The lowest BCUT2D eigenvalue weighted by Crippen LogP contribution is -2.20. The Hall–Kier alpha value is -1.60. The Labute approximate surface area is 98.7 Å². The molecular formula is C10H12N2O4S. The molecule has 0 fully saturated rings. The fraction of sp³-hybridized carbons (Fsp3) is 0.300. The SMILES string of the molecule is CC(O)CNc1ccc2c(c1)C(=O)NS2(=O)=O. The summed E-state index contributed by atoms with van der Waals surface area (Å²) in [5.74, 6) is -0.624. The number of nitrogens with one attached hydrogen (secondary N) is 2. The molecule has 0 saturated carbocycles. The van der Waals surface area contributed by atoms with E-state index >= 15 is 0 Å². The predicted molar refractivity (Wildman–Crippen MR) is 61.3 cm³/mol. The summed E-state index contributed by atoms with van der Waals surface area (Å²) in [6, 6.07) is 4.38. The van der Waals surface area contributed by atoms with Gasteiger partial charge in [0.2, 0.25) is 0 Å². The minimum Gasteiger partial charge on any atom is -0.392 e. The van der Waals surface area contributed by atoms with Gasteiger partial charge in [0, 0.05) is 12.2 Å². The lowest BCUT2D eigenvalue weighted by atomic mass is 10.2. The Morgan fingerprint density at radius 1 is 1.47 bits per heavy atom. The van der Waals surface area contributed by atoms with Crippen LogP contribution in [0.2, 0.25) is 0 Å². The van der Waals surface area contributed by atoms with E-state index in [2.05, 4.69) is 5.32 Å². The largest absolute Gasteiger partial charge is 0.392 e. The lowest BCUT2D eigenvalue weighted by Gasteiger charge is -2.08. The third-order valence-corrected chi connectivity index (χ3v) is 3.73. The van der Waals surface area contributed by atoms with E-state index < -0.39 is 22.0 Å². The van der Waals surface area contributed by atoms with Gasteiger partial charge in [-0.25, -0.2) is 13.1 Å². The van der Waals surface area contributed by atoms with Crippen LogP contribution in [0.25, 0.3) is 0 Å². The van der Waals surface area contributed by atoms with Gasteiger partial charge >= 0.3 is 0 Å². The molecule has 1 aliphatic heterocycles. The smallest absolute Gasteiger partial charge is 0.266 e. The number of amides is 1. The topological polar surface area (TPSA) is 95.5 Å². The second-order valence-corrected chi connectivity index (χ2v) is 5.53. The molecule has 1 aliphatic rings. The minimum atomic E-state index is -3.68. The van der Waals surface area contributed by atoms with Gasteiger partial charge in [0.1, 0.15) is 4.90 Å². The van der Waals surface area contributed by atoms with Crippen molar-refractivity contribution < 1.29 is 18.3 Å². The number of hydrogen-bond acceptors (Lipinski definition) is 5. The number of anilines is 1. The highest BCUT2D eigenvalue weighted by Crippen LogP contribution is 2.25. The van der Waals surface area contributed by atoms with Crippen LogP contribution in [-0.2, 0) is 10.0 Å². The second kappa shape index (κ2) is 4.01. The molecule has 0 spiro atoms. The molecule has 1 aromatic rings. The van der Waals surface area contributed by atoms with E-state index in [9.17, 15) is 13.2 Å². The van der Waals surface area contributed by atoms with Crippen molar-refractivity contribution in [2.24, 2.45) is 0 Å². The Bertz CT molecular complexity index is 566. The van der Waals surface area contributed by atoms with Crippen LogP contribution in [0.3, 0.4) is 0 Å². The molecule has 1 atom stereocenters. The zero-order valence-electron chi connectivity index (χ0n) is 9.10. The summed E-state index contributed by atoms with van der Waals surface area (Å²) >= 11 is 0. The zero-order valence-corrected chi connectivity index (χ0v) is 9.91. The van der Waals surface area contributed by atoms with E-state index in [4.69, 9.17) is 5.11 Å². The maximum absolute atomic E-state index is 11.4. The third-order valence-electron chi connectivity index (χ3n) is 2.34. The first-order valence-electron chi connectivity index (χ1n) is 5.03. The predicted octanol–water partition coefficient (Wildman–Crippen LogP) is -0.0886. The molecule has 0 saturated heterocycles. The molecule has 17 heavy (non-hydrogen) atoms. The van der Waals surface area contributed by atoms with Crippen molar-refractivity contribution in [1.29, 1.82) is 0 Å². The summed E-state index contributed by atoms with van der Waals surface area (Å²) in [5.41, 5.74) is 0.720. The Morgan fingerprint density at radius 2 is 2.18 bits per heavy atom. The highest BCUT2D eigenvalue weighted by molar-refractivity contribution is 7.90. The van der Waals surface area contributed by atoms with Crippen LogP contribution in [0.15, 0.2) is 23.1 Å². The maximum Gasteiger partial charge on any atom is 0.266 e. The lowest BCUT2D eigenvalue weighted by molar-refractivity contribution is 0.0985. The molecule has 3 N–H and O–H groups in total. The van der Waals surface area contributed by atoms with Crippen molar-refractivity contribution in [3.63, 3.8) is 0 Å². The first-order chi connectivity index (χ1) is 7.90. The molecule has 1 unspecified atom stereocenters. The van der Waals surface area contributed by atoms with E-state index in [0.29, 0.717) is 12.2 Å². The molecule has 92 valence electrons. The van der Waals surface area contributed by atoms with Gasteiger partial charge in [-0.05, 0) is 25.1 Å². The zero-order chi connectivity index (χ0) is 12.6. The summed E-state index contributed by atoms with van der Waals surface area (Å²) in [5, 5.41) is 12.0. The van der Waals surface area contributed by atoms with Gasteiger partial charge in [-0.1, -0.05) is 0 Å². The van der Waals surface area contributed by atoms with E-state index in [1.807, 2.05) is 4.72 Å². The minimum absolute atomic E-state index is 0.00917. The molecule has 0 aromatic heterocycles. The molecule has 0 radical (unpaired) electrons. The average Bonchev–Trinajstić information content (AvgIpc) is 2.46. The first kappa shape index (κ1) is 11.9. The van der Waals surface area contributed by atoms with Crippen LogP contribution in [-0.4, -0.2) is 32.1 Å². The van der Waals surface area contributed by atoms with Gasteiger partial charge in [-0.15, -0.1) is 0 Å². The molecule has 2 rings (SSSR count). The van der Waals surface area contributed by atoms with Crippen LogP contribution in [0.4, 0.5) is 5.69 Å². The van der Waals surface area contributed by atoms with Crippen molar-refractivity contribution in [2.45, 2.75) is 17.9 Å². The van der Waals surface area contributed by atoms with E-state index in [0.717, 1.165) is 0 Å². The van der Waals surface area contributed by atoms with E-state index in [1.165, 1.54) is 12.1 Å². The number of carbonyl (C=O) groups excluding carboxylic acids is 1. The van der Waals surface area contributed by atoms with Crippen LogP contribution in [0.1, 0.15) is 17.3 Å². The first-order valence-corrected chi connectivity index (χ1v) is 6.51. The van der Waals surface area contributed by atoms with Crippen molar-refractivity contribution in [3.05, 3.63) is 23.8 Å². The number of sulfonamides is 1. The van der Waals surface area contributed by atoms with Crippen molar-refractivity contribution >= 4 is 21.6 Å². The van der Waals surface area contributed by atoms with Gasteiger partial charge in [-0.3, -0.25) is 4.79 Å². The van der Waals surface area contributed by atoms with Crippen molar-refractivity contribution in [2.75, 3.05) is 11.9 Å². The summed E-state index contributed by atoms with van der Waals surface area (Å²) in [6.07, 6.45) is -0.527. The number of aliphatic hydroxyl groups excluding tert-OH is 1. The Balaban J connectivity index is 2.33. The van der Waals surface area contributed by atoms with Crippen molar-refractivity contribution in [3.8, 4) is 0 Å². The third kappa shape index (κ3) is 2.25. The van der Waals surface area contributed by atoms with Gasteiger partial charge in [0.25, 0.3) is 15.9 Å². The molecule has 1 amide bonds. The van der Waals surface area contributed by atoms with Gasteiger partial charge in [0.15, 0.2) is 0 Å². The second-order valence-electron chi connectivity index (χ2n) is 3.88. The normalized spacial score (nSPS) is 18.4. The van der Waals surface area contributed by atoms with Gasteiger partial charge < -0.3 is 10.4 Å². The van der Waals surface area contributed by atoms with Crippen LogP contribution < -0.4 is 10.0 Å². The highest BCUT2D eigenvalue weighted by Gasteiger charge is 2.32. The summed E-state index contributed by atoms with van der Waals surface area (Å²) in [6.45, 7) is 1.95. The summed E-state index contributed by atoms with van der Waals surface area (Å²) < 4.78 is 24.8.